The van der Waals surface area contributed by atoms with Crippen LogP contribution in [0.3, 0.4) is 0 Å². The number of aromatic hydroxyl groups is 1. The molecule has 1 atom stereocenters. The van der Waals surface area contributed by atoms with E-state index in [1.807, 2.05) is 19.9 Å². The third-order valence-corrected chi connectivity index (χ3v) is 7.14. The first-order valence-electron chi connectivity index (χ1n) is 14.2. The Balaban J connectivity index is 1.67. The molecule has 0 saturated carbocycles. The summed E-state index contributed by atoms with van der Waals surface area (Å²) >= 11 is 0. The van der Waals surface area contributed by atoms with Gasteiger partial charge in [-0.05, 0) is 63.8 Å². The van der Waals surface area contributed by atoms with E-state index in [1.54, 1.807) is 18.2 Å². The number of hydrogen-bond acceptors (Lipinski definition) is 8. The second kappa shape index (κ2) is 14.2. The number of ketones is 2. The summed E-state index contributed by atoms with van der Waals surface area (Å²) in [5.41, 5.74) is 1.69. The van der Waals surface area contributed by atoms with Crippen LogP contribution in [0.4, 0.5) is 0 Å². The number of hydrogen-bond donors (Lipinski definition) is 1. The lowest BCUT2D eigenvalue weighted by Crippen LogP contribution is -2.39. The summed E-state index contributed by atoms with van der Waals surface area (Å²) in [7, 11) is 1.37. The van der Waals surface area contributed by atoms with Crippen LogP contribution in [0.15, 0.2) is 24.3 Å². The van der Waals surface area contributed by atoms with Gasteiger partial charge in [0.15, 0.2) is 11.6 Å². The fourth-order valence-corrected chi connectivity index (χ4v) is 5.09. The van der Waals surface area contributed by atoms with Crippen LogP contribution in [-0.2, 0) is 22.4 Å². The molecule has 8 heteroatoms. The molecule has 1 aliphatic rings. The molecule has 0 fully saturated rings. The zero-order valence-corrected chi connectivity index (χ0v) is 24.4. The summed E-state index contributed by atoms with van der Waals surface area (Å²) in [6, 6.07) is 6.94. The first kappa shape index (κ1) is 31.0. The molecule has 1 N–H and O–H groups in total. The van der Waals surface area contributed by atoms with Crippen molar-refractivity contribution in [3.63, 3.8) is 0 Å². The SMILES string of the molecule is CCCc1c(OCCCOc2ccc3c(c2CCC)OC(C)(CCCC(=O)OC)CC3=O)ccc(C(C)=O)c1O. The molecule has 0 bridgehead atoms. The molecule has 0 amide bonds. The van der Waals surface area contributed by atoms with Crippen molar-refractivity contribution in [1.29, 1.82) is 0 Å². The first-order valence-corrected chi connectivity index (χ1v) is 14.2. The predicted molar refractivity (Wildman–Crippen MR) is 152 cm³/mol. The first-order chi connectivity index (χ1) is 19.1. The largest absolute Gasteiger partial charge is 0.507 e. The van der Waals surface area contributed by atoms with Crippen LogP contribution < -0.4 is 14.2 Å². The van der Waals surface area contributed by atoms with Crippen LogP contribution in [0.1, 0.15) is 104 Å². The normalized spacial score (nSPS) is 16.2. The standard InChI is InChI=1S/C32H42O8/c1-6-10-24-27(15-13-22(21(3)33)30(24)36)38-18-9-19-39-28-16-14-23-26(34)20-32(4,17-8-12-29(35)37-5)40-31(23)25(28)11-7-2/h13-16,36H,6-12,17-20H2,1-5H3. The molecule has 1 aliphatic heterocycles. The van der Waals surface area contributed by atoms with Crippen molar-refractivity contribution < 1.29 is 38.4 Å². The molecule has 1 heterocycles. The van der Waals surface area contributed by atoms with Gasteiger partial charge in [-0.1, -0.05) is 26.7 Å². The summed E-state index contributed by atoms with van der Waals surface area (Å²) in [5.74, 6) is 1.40. The van der Waals surface area contributed by atoms with Crippen molar-refractivity contribution in [1.82, 2.24) is 0 Å². The van der Waals surface area contributed by atoms with E-state index in [2.05, 4.69) is 6.92 Å². The summed E-state index contributed by atoms with van der Waals surface area (Å²) < 4.78 is 23.3. The Labute approximate surface area is 237 Å². The van der Waals surface area contributed by atoms with Gasteiger partial charge in [-0.25, -0.2) is 0 Å². The van der Waals surface area contributed by atoms with E-state index in [9.17, 15) is 19.5 Å². The zero-order chi connectivity index (χ0) is 29.3. The molecule has 3 rings (SSSR count). The lowest BCUT2D eigenvalue weighted by atomic mass is 9.86. The van der Waals surface area contributed by atoms with Crippen molar-refractivity contribution in [3.8, 4) is 23.0 Å². The molecule has 0 saturated heterocycles. The van der Waals surface area contributed by atoms with Crippen LogP contribution in [0.5, 0.6) is 23.0 Å². The number of rotatable bonds is 15. The fraction of sp³-hybridized carbons (Fsp3) is 0.531. The molecule has 0 spiro atoms. The van der Waals surface area contributed by atoms with Gasteiger partial charge in [0.25, 0.3) is 0 Å². The number of esters is 1. The van der Waals surface area contributed by atoms with Gasteiger partial charge in [-0.3, -0.25) is 14.4 Å². The minimum absolute atomic E-state index is 0.00629. The summed E-state index contributed by atoms with van der Waals surface area (Å²) in [4.78, 5) is 36.4. The van der Waals surface area contributed by atoms with Crippen molar-refractivity contribution in [2.24, 2.45) is 0 Å². The molecule has 2 aromatic rings. The van der Waals surface area contributed by atoms with E-state index in [0.717, 1.165) is 18.4 Å². The summed E-state index contributed by atoms with van der Waals surface area (Å²) in [6.07, 6.45) is 5.22. The number of benzene rings is 2. The van der Waals surface area contributed by atoms with Gasteiger partial charge in [0.2, 0.25) is 0 Å². The van der Waals surface area contributed by atoms with Crippen LogP contribution in [-0.4, -0.2) is 48.6 Å². The summed E-state index contributed by atoms with van der Waals surface area (Å²) in [6.45, 7) is 8.18. The molecule has 8 nitrogen and oxygen atoms in total. The van der Waals surface area contributed by atoms with Crippen molar-refractivity contribution in [3.05, 3.63) is 46.5 Å². The van der Waals surface area contributed by atoms with Gasteiger partial charge >= 0.3 is 5.97 Å². The quantitative estimate of drug-likeness (QED) is 0.153. The van der Waals surface area contributed by atoms with Crippen LogP contribution in [0.2, 0.25) is 0 Å². The minimum atomic E-state index is -0.702. The molecule has 40 heavy (non-hydrogen) atoms. The maximum absolute atomic E-state index is 13.0. The van der Waals surface area contributed by atoms with Gasteiger partial charge < -0.3 is 24.1 Å². The third kappa shape index (κ3) is 7.55. The van der Waals surface area contributed by atoms with Crippen LogP contribution in [0.25, 0.3) is 0 Å². The molecule has 0 aromatic heterocycles. The maximum Gasteiger partial charge on any atom is 0.305 e. The Hall–Kier alpha value is -3.55. The monoisotopic (exact) mass is 554 g/mol. The number of methoxy groups -OCH3 is 1. The van der Waals surface area contributed by atoms with Crippen LogP contribution in [0, 0.1) is 0 Å². The average Bonchev–Trinajstić information content (AvgIpc) is 2.91. The molecule has 218 valence electrons. The number of ether oxygens (including phenoxy) is 4. The molecule has 2 aromatic carbocycles. The Morgan fingerprint density at radius 3 is 2.23 bits per heavy atom. The Bertz CT molecular complexity index is 1220. The highest BCUT2D eigenvalue weighted by Gasteiger charge is 2.38. The van der Waals surface area contributed by atoms with E-state index in [4.69, 9.17) is 18.9 Å². The zero-order valence-electron chi connectivity index (χ0n) is 24.4. The number of Topliss-reactive ketones (excluding diaryl/α,β-unsaturated/α-hetero) is 2. The van der Waals surface area contributed by atoms with Gasteiger partial charge in [0, 0.05) is 24.0 Å². The Kier molecular flexibility index (Phi) is 11.0. The van der Waals surface area contributed by atoms with Crippen molar-refractivity contribution in [2.45, 2.75) is 91.1 Å². The molecular weight excluding hydrogens is 512 g/mol. The van der Waals surface area contributed by atoms with E-state index in [1.165, 1.54) is 14.0 Å². The highest BCUT2D eigenvalue weighted by Crippen LogP contribution is 2.42. The second-order valence-electron chi connectivity index (χ2n) is 10.5. The maximum atomic E-state index is 13.0. The van der Waals surface area contributed by atoms with Gasteiger partial charge in [0.05, 0.1) is 37.9 Å². The molecular formula is C32H42O8. The number of fused-ring (bicyclic) bond motifs is 1. The third-order valence-electron chi connectivity index (χ3n) is 7.14. The summed E-state index contributed by atoms with van der Waals surface area (Å²) in [5, 5.41) is 10.6. The lowest BCUT2D eigenvalue weighted by Gasteiger charge is -2.36. The predicted octanol–water partition coefficient (Wildman–Crippen LogP) is 6.41. The number of carbonyl (C=O) groups is 3. The van der Waals surface area contributed by atoms with Crippen molar-refractivity contribution >= 4 is 17.5 Å². The molecule has 1 unspecified atom stereocenters. The molecule has 0 radical (unpaired) electrons. The lowest BCUT2D eigenvalue weighted by molar-refractivity contribution is -0.140. The average molecular weight is 555 g/mol. The molecule has 0 aliphatic carbocycles. The Morgan fingerprint density at radius 2 is 1.60 bits per heavy atom. The van der Waals surface area contributed by atoms with E-state index < -0.39 is 5.60 Å². The number of phenolic OH excluding ortho intramolecular Hbond substituents is 1. The highest BCUT2D eigenvalue weighted by molar-refractivity contribution is 6.01. The van der Waals surface area contributed by atoms with Gasteiger partial charge in [-0.15, -0.1) is 0 Å². The smallest absolute Gasteiger partial charge is 0.305 e. The van der Waals surface area contributed by atoms with Gasteiger partial charge in [0.1, 0.15) is 28.6 Å². The number of phenols is 1. The van der Waals surface area contributed by atoms with E-state index >= 15 is 0 Å². The van der Waals surface area contributed by atoms with E-state index in [-0.39, 0.29) is 36.1 Å². The number of carbonyl (C=O) groups excluding carboxylic acids is 3. The Morgan fingerprint density at radius 1 is 0.975 bits per heavy atom. The van der Waals surface area contributed by atoms with Gasteiger partial charge in [-0.2, -0.15) is 0 Å². The highest BCUT2D eigenvalue weighted by atomic mass is 16.5. The van der Waals surface area contributed by atoms with Crippen LogP contribution >= 0.6 is 0 Å². The topological polar surface area (TPSA) is 108 Å². The second-order valence-corrected chi connectivity index (χ2v) is 10.5. The fourth-order valence-electron chi connectivity index (χ4n) is 5.09. The minimum Gasteiger partial charge on any atom is -0.507 e. The van der Waals surface area contributed by atoms with E-state index in [0.29, 0.717) is 79.3 Å². The van der Waals surface area contributed by atoms with Crippen molar-refractivity contribution in [2.75, 3.05) is 20.3 Å².